The predicted octanol–water partition coefficient (Wildman–Crippen LogP) is 3.26. The summed E-state index contributed by atoms with van der Waals surface area (Å²) in [6.45, 7) is 3.04. The summed E-state index contributed by atoms with van der Waals surface area (Å²) in [4.78, 5) is 12.3. The maximum absolute atomic E-state index is 12.3. The lowest BCUT2D eigenvalue weighted by molar-refractivity contribution is 0.0951. The Morgan fingerprint density at radius 3 is 2.56 bits per heavy atom. The molecule has 0 bridgehead atoms. The molecule has 0 fully saturated rings. The van der Waals surface area contributed by atoms with Crippen LogP contribution in [0, 0.1) is 6.92 Å². The van der Waals surface area contributed by atoms with Gasteiger partial charge in [0, 0.05) is 31.1 Å². The van der Waals surface area contributed by atoms with Crippen molar-refractivity contribution in [3.63, 3.8) is 0 Å². The molecule has 0 unspecified atom stereocenters. The molecule has 0 spiro atoms. The summed E-state index contributed by atoms with van der Waals surface area (Å²) in [7, 11) is 1.67. The fourth-order valence-electron chi connectivity index (χ4n) is 2.67. The minimum Gasteiger partial charge on any atom is -0.380 e. The van der Waals surface area contributed by atoms with E-state index in [1.54, 1.807) is 13.3 Å². The number of hydrogen-bond donors (Lipinski definition) is 1. The number of aromatic nitrogens is 2. The van der Waals surface area contributed by atoms with E-state index in [0.717, 1.165) is 22.5 Å². The number of nitrogens with zero attached hydrogens (tertiary/aromatic N) is 2. The van der Waals surface area contributed by atoms with Crippen LogP contribution >= 0.6 is 0 Å². The summed E-state index contributed by atoms with van der Waals surface area (Å²) in [6.07, 6.45) is 1.76. The van der Waals surface area contributed by atoms with Gasteiger partial charge < -0.3 is 10.1 Å². The molecule has 1 heterocycles. The molecule has 0 aliphatic rings. The fraction of sp³-hybridized carbons (Fsp3) is 0.200. The number of methoxy groups -OCH3 is 1. The van der Waals surface area contributed by atoms with Gasteiger partial charge in [0.2, 0.25) is 0 Å². The Hall–Kier alpha value is -2.92. The zero-order valence-electron chi connectivity index (χ0n) is 14.4. The second kappa shape index (κ2) is 7.77. The zero-order chi connectivity index (χ0) is 17.6. The number of benzene rings is 2. The van der Waals surface area contributed by atoms with Crippen LogP contribution in [0.2, 0.25) is 0 Å². The van der Waals surface area contributed by atoms with E-state index >= 15 is 0 Å². The van der Waals surface area contributed by atoms with Crippen LogP contribution in [0.1, 0.15) is 27.2 Å². The van der Waals surface area contributed by atoms with Crippen molar-refractivity contribution in [3.05, 3.63) is 83.2 Å². The molecule has 0 atom stereocenters. The highest BCUT2D eigenvalue weighted by Crippen LogP contribution is 2.12. The van der Waals surface area contributed by atoms with Crippen LogP contribution in [0.15, 0.2) is 60.8 Å². The van der Waals surface area contributed by atoms with Crippen LogP contribution in [0.5, 0.6) is 0 Å². The lowest BCUT2D eigenvalue weighted by atomic mass is 10.1. The quantitative estimate of drug-likeness (QED) is 0.752. The molecule has 0 saturated heterocycles. The number of nitrogens with one attached hydrogen (secondary N) is 1. The molecule has 0 aliphatic carbocycles. The molecule has 3 rings (SSSR count). The topological polar surface area (TPSA) is 56.1 Å². The summed E-state index contributed by atoms with van der Waals surface area (Å²) >= 11 is 0. The Kier molecular flexibility index (Phi) is 5.26. The van der Waals surface area contributed by atoms with Gasteiger partial charge in [-0.15, -0.1) is 0 Å². The third-order valence-electron chi connectivity index (χ3n) is 3.96. The first-order valence-corrected chi connectivity index (χ1v) is 8.13. The van der Waals surface area contributed by atoms with Gasteiger partial charge in [-0.2, -0.15) is 5.10 Å². The maximum atomic E-state index is 12.3. The number of rotatable bonds is 6. The number of aryl methyl sites for hydroxylation is 1. The van der Waals surface area contributed by atoms with Crippen LogP contribution in [-0.4, -0.2) is 22.8 Å². The van der Waals surface area contributed by atoms with Gasteiger partial charge in [0.25, 0.3) is 5.91 Å². The molecule has 25 heavy (non-hydrogen) atoms. The van der Waals surface area contributed by atoms with E-state index in [0.29, 0.717) is 18.7 Å². The van der Waals surface area contributed by atoms with Gasteiger partial charge in [0.15, 0.2) is 0 Å². The third-order valence-corrected chi connectivity index (χ3v) is 3.96. The molecule has 5 heteroatoms. The van der Waals surface area contributed by atoms with E-state index in [1.165, 1.54) is 0 Å². The third kappa shape index (κ3) is 4.14. The standard InChI is InChI=1S/C20H21N3O2/c1-15-10-11-22-23(15)19-8-6-18(7-9-19)20(24)21-13-16-4-3-5-17(12-16)14-25-2/h3-12H,13-14H2,1-2H3,(H,21,24). The number of hydrogen-bond acceptors (Lipinski definition) is 3. The van der Waals surface area contributed by atoms with Gasteiger partial charge in [-0.1, -0.05) is 24.3 Å². The van der Waals surface area contributed by atoms with E-state index in [-0.39, 0.29) is 5.91 Å². The highest BCUT2D eigenvalue weighted by atomic mass is 16.5. The molecular formula is C20H21N3O2. The van der Waals surface area contributed by atoms with Gasteiger partial charge >= 0.3 is 0 Å². The summed E-state index contributed by atoms with van der Waals surface area (Å²) in [5, 5.41) is 7.21. The van der Waals surface area contributed by atoms with Crippen LogP contribution in [-0.2, 0) is 17.9 Å². The van der Waals surface area contributed by atoms with Crippen molar-refractivity contribution < 1.29 is 9.53 Å². The van der Waals surface area contributed by atoms with Crippen molar-refractivity contribution in [1.29, 1.82) is 0 Å². The van der Waals surface area contributed by atoms with E-state index in [9.17, 15) is 4.79 Å². The first kappa shape index (κ1) is 16.9. The van der Waals surface area contributed by atoms with E-state index in [1.807, 2.05) is 66.2 Å². The second-order valence-corrected chi connectivity index (χ2v) is 5.87. The van der Waals surface area contributed by atoms with E-state index in [2.05, 4.69) is 10.4 Å². The molecule has 2 aromatic carbocycles. The molecule has 0 radical (unpaired) electrons. The first-order valence-electron chi connectivity index (χ1n) is 8.13. The Morgan fingerprint density at radius 1 is 1.12 bits per heavy atom. The zero-order valence-corrected chi connectivity index (χ0v) is 14.4. The lowest BCUT2D eigenvalue weighted by Gasteiger charge is -2.08. The van der Waals surface area contributed by atoms with Gasteiger partial charge in [-0.3, -0.25) is 4.79 Å². The Labute approximate surface area is 147 Å². The molecule has 0 saturated carbocycles. The van der Waals surface area contributed by atoms with Crippen LogP contribution in [0.4, 0.5) is 0 Å². The van der Waals surface area contributed by atoms with Crippen molar-refractivity contribution in [1.82, 2.24) is 15.1 Å². The molecule has 3 aromatic rings. The second-order valence-electron chi connectivity index (χ2n) is 5.87. The van der Waals surface area contributed by atoms with Crippen LogP contribution < -0.4 is 5.32 Å². The number of carbonyl (C=O) groups excluding carboxylic acids is 1. The highest BCUT2D eigenvalue weighted by molar-refractivity contribution is 5.94. The predicted molar refractivity (Wildman–Crippen MR) is 96.6 cm³/mol. The summed E-state index contributed by atoms with van der Waals surface area (Å²) in [5.74, 6) is -0.0964. The minimum atomic E-state index is -0.0964. The van der Waals surface area contributed by atoms with Crippen molar-refractivity contribution in [2.75, 3.05) is 7.11 Å². The van der Waals surface area contributed by atoms with Crippen molar-refractivity contribution in [2.24, 2.45) is 0 Å². The van der Waals surface area contributed by atoms with Gasteiger partial charge in [0.1, 0.15) is 0 Å². The molecular weight excluding hydrogens is 314 g/mol. The molecule has 0 aliphatic heterocycles. The van der Waals surface area contributed by atoms with Gasteiger partial charge in [-0.05, 0) is 48.4 Å². The summed E-state index contributed by atoms with van der Waals surface area (Å²) in [6, 6.07) is 17.4. The Morgan fingerprint density at radius 2 is 1.88 bits per heavy atom. The maximum Gasteiger partial charge on any atom is 0.251 e. The van der Waals surface area contributed by atoms with E-state index in [4.69, 9.17) is 4.74 Å². The molecule has 128 valence electrons. The SMILES string of the molecule is COCc1cccc(CNC(=O)c2ccc(-n3nccc3C)cc2)c1. The van der Waals surface area contributed by atoms with E-state index < -0.39 is 0 Å². The van der Waals surface area contributed by atoms with Crippen LogP contribution in [0.25, 0.3) is 5.69 Å². The number of carbonyl (C=O) groups is 1. The molecule has 1 aromatic heterocycles. The van der Waals surface area contributed by atoms with Crippen molar-refractivity contribution >= 4 is 5.91 Å². The number of ether oxygens (including phenoxy) is 1. The van der Waals surface area contributed by atoms with Crippen molar-refractivity contribution in [3.8, 4) is 5.69 Å². The monoisotopic (exact) mass is 335 g/mol. The van der Waals surface area contributed by atoms with Gasteiger partial charge in [-0.25, -0.2) is 4.68 Å². The largest absolute Gasteiger partial charge is 0.380 e. The number of amides is 1. The van der Waals surface area contributed by atoms with Crippen molar-refractivity contribution in [2.45, 2.75) is 20.1 Å². The molecule has 1 amide bonds. The average Bonchev–Trinajstić information content (AvgIpc) is 3.06. The molecule has 1 N–H and O–H groups in total. The first-order chi connectivity index (χ1) is 12.2. The highest BCUT2D eigenvalue weighted by Gasteiger charge is 2.07. The molecule has 5 nitrogen and oxygen atoms in total. The fourth-order valence-corrected chi connectivity index (χ4v) is 2.67. The Balaban J connectivity index is 1.63. The van der Waals surface area contributed by atoms with Crippen LogP contribution in [0.3, 0.4) is 0 Å². The summed E-state index contributed by atoms with van der Waals surface area (Å²) in [5.41, 5.74) is 4.75. The lowest BCUT2D eigenvalue weighted by Crippen LogP contribution is -2.22. The summed E-state index contributed by atoms with van der Waals surface area (Å²) < 4.78 is 6.97. The normalized spacial score (nSPS) is 10.6. The Bertz CT molecular complexity index is 853. The van der Waals surface area contributed by atoms with Gasteiger partial charge in [0.05, 0.1) is 12.3 Å². The minimum absolute atomic E-state index is 0.0964. The smallest absolute Gasteiger partial charge is 0.251 e. The average molecular weight is 335 g/mol.